The van der Waals surface area contributed by atoms with Crippen molar-refractivity contribution in [1.29, 1.82) is 0 Å². The molecule has 12 nitrogen and oxygen atoms in total. The van der Waals surface area contributed by atoms with Crippen LogP contribution in [0.5, 0.6) is 0 Å². The van der Waals surface area contributed by atoms with E-state index in [2.05, 4.69) is 0 Å². The van der Waals surface area contributed by atoms with Crippen molar-refractivity contribution in [3.8, 4) is 0 Å². The number of amides is 1. The van der Waals surface area contributed by atoms with Gasteiger partial charge in [0.05, 0.1) is 10.3 Å². The average molecular weight is 449 g/mol. The summed E-state index contributed by atoms with van der Waals surface area (Å²) in [7, 11) is -4.67. The summed E-state index contributed by atoms with van der Waals surface area (Å²) in [5.74, 6) is 0.00972. The van der Waals surface area contributed by atoms with E-state index < -0.39 is 26.8 Å². The fourth-order valence-electron chi connectivity index (χ4n) is 2.76. The SMILES string of the molecule is CC1(C(=O)OCc2ccc([N+](=O)[O-])cc2)CS[C@@H]2C(N)C(=O)N2C1.O=S(=O)(O)O. The lowest BCUT2D eigenvalue weighted by Gasteiger charge is -2.52. The van der Waals surface area contributed by atoms with Crippen LogP contribution in [0.3, 0.4) is 0 Å². The summed E-state index contributed by atoms with van der Waals surface area (Å²) in [6.07, 6.45) is 0. The minimum Gasteiger partial charge on any atom is -0.460 e. The number of non-ortho nitro benzene ring substituents is 1. The zero-order chi connectivity index (χ0) is 22.0. The van der Waals surface area contributed by atoms with Crippen LogP contribution >= 0.6 is 11.8 Å². The lowest BCUT2D eigenvalue weighted by molar-refractivity contribution is -0.384. The molecule has 1 aromatic carbocycles. The molecule has 0 spiro atoms. The van der Waals surface area contributed by atoms with Crippen molar-refractivity contribution < 1.29 is 36.8 Å². The number of hydrogen-bond acceptors (Lipinski definition) is 9. The molecule has 2 aliphatic rings. The van der Waals surface area contributed by atoms with Gasteiger partial charge in [-0.3, -0.25) is 28.8 Å². The molecule has 29 heavy (non-hydrogen) atoms. The Labute approximate surface area is 170 Å². The van der Waals surface area contributed by atoms with Crippen molar-refractivity contribution in [3.05, 3.63) is 39.9 Å². The lowest BCUT2D eigenvalue weighted by Crippen LogP contribution is -2.71. The first-order chi connectivity index (χ1) is 13.3. The van der Waals surface area contributed by atoms with Gasteiger partial charge in [0.2, 0.25) is 5.91 Å². The molecule has 14 heteroatoms. The molecule has 160 valence electrons. The number of carbonyl (C=O) groups excluding carboxylic acids is 2. The van der Waals surface area contributed by atoms with Crippen LogP contribution in [0, 0.1) is 15.5 Å². The molecule has 0 radical (unpaired) electrons. The number of nitrogens with two attached hydrogens (primary N) is 1. The van der Waals surface area contributed by atoms with Gasteiger partial charge in [-0.1, -0.05) is 0 Å². The summed E-state index contributed by atoms with van der Waals surface area (Å²) < 4.78 is 36.9. The van der Waals surface area contributed by atoms with E-state index in [1.807, 2.05) is 0 Å². The van der Waals surface area contributed by atoms with E-state index in [1.165, 1.54) is 23.9 Å². The first-order valence-corrected chi connectivity index (χ1v) is 10.5. The highest BCUT2D eigenvalue weighted by molar-refractivity contribution is 8.00. The monoisotopic (exact) mass is 449 g/mol. The smallest absolute Gasteiger partial charge is 0.394 e. The number of ether oxygens (including phenoxy) is 1. The Kier molecular flexibility index (Phi) is 6.85. The molecule has 3 atom stereocenters. The molecule has 0 aliphatic carbocycles. The predicted molar refractivity (Wildman–Crippen MR) is 101 cm³/mol. The fraction of sp³-hybridized carbons (Fsp3) is 0.467. The highest BCUT2D eigenvalue weighted by Crippen LogP contribution is 2.41. The van der Waals surface area contributed by atoms with Crippen LogP contribution in [0.15, 0.2) is 24.3 Å². The maximum atomic E-state index is 12.4. The number of nitro benzene ring substituents is 1. The Bertz CT molecular complexity index is 898. The molecule has 4 N–H and O–H groups in total. The van der Waals surface area contributed by atoms with Gasteiger partial charge in [0.15, 0.2) is 0 Å². The number of hydrogen-bond donors (Lipinski definition) is 3. The van der Waals surface area contributed by atoms with Crippen LogP contribution in [0.2, 0.25) is 0 Å². The topological polar surface area (TPSA) is 190 Å². The number of thioether (sulfide) groups is 1. The maximum Gasteiger partial charge on any atom is 0.394 e. The number of carbonyl (C=O) groups is 2. The highest BCUT2D eigenvalue weighted by Gasteiger charge is 2.54. The largest absolute Gasteiger partial charge is 0.460 e. The van der Waals surface area contributed by atoms with Crippen molar-refractivity contribution in [3.63, 3.8) is 0 Å². The number of benzene rings is 1. The molecule has 2 aliphatic heterocycles. The average Bonchev–Trinajstić information content (AvgIpc) is 2.64. The van der Waals surface area contributed by atoms with Crippen LogP contribution in [0.4, 0.5) is 5.69 Å². The third-order valence-corrected chi connectivity index (χ3v) is 5.98. The van der Waals surface area contributed by atoms with Crippen molar-refractivity contribution in [2.45, 2.75) is 24.9 Å². The lowest BCUT2D eigenvalue weighted by atomic mass is 9.89. The van der Waals surface area contributed by atoms with Gasteiger partial charge in [-0.2, -0.15) is 8.42 Å². The number of rotatable bonds is 4. The third kappa shape index (κ3) is 5.86. The number of esters is 1. The third-order valence-electron chi connectivity index (χ3n) is 4.28. The number of fused-ring (bicyclic) bond motifs is 1. The molecular weight excluding hydrogens is 430 g/mol. The van der Waals surface area contributed by atoms with Gasteiger partial charge in [0.25, 0.3) is 5.69 Å². The van der Waals surface area contributed by atoms with E-state index in [0.29, 0.717) is 17.9 Å². The molecule has 0 aromatic heterocycles. The van der Waals surface area contributed by atoms with Gasteiger partial charge < -0.3 is 15.4 Å². The molecule has 2 unspecified atom stereocenters. The van der Waals surface area contributed by atoms with E-state index in [1.54, 1.807) is 24.0 Å². The Morgan fingerprint density at radius 1 is 1.41 bits per heavy atom. The molecule has 3 rings (SSSR count). The van der Waals surface area contributed by atoms with Crippen molar-refractivity contribution in [1.82, 2.24) is 4.90 Å². The van der Waals surface area contributed by atoms with Crippen LogP contribution < -0.4 is 5.73 Å². The molecule has 0 saturated carbocycles. The molecule has 0 bridgehead atoms. The van der Waals surface area contributed by atoms with Gasteiger partial charge in [-0.15, -0.1) is 11.8 Å². The van der Waals surface area contributed by atoms with Crippen LogP contribution in [0.25, 0.3) is 0 Å². The second-order valence-corrected chi connectivity index (χ2v) is 8.70. The molecule has 1 aromatic rings. The normalized spacial score (nSPS) is 25.8. The molecular formula is C15H19N3O9S2. The molecule has 2 fully saturated rings. The number of nitro groups is 1. The van der Waals surface area contributed by atoms with E-state index >= 15 is 0 Å². The maximum absolute atomic E-state index is 12.4. The predicted octanol–water partition coefficient (Wildman–Crippen LogP) is 0.234. The number of β-lactam (4-membered cyclic amide) rings is 1. The zero-order valence-corrected chi connectivity index (χ0v) is 16.8. The Balaban J connectivity index is 0.000000537. The summed E-state index contributed by atoms with van der Waals surface area (Å²) in [6, 6.07) is 5.36. The fourth-order valence-corrected chi connectivity index (χ4v) is 4.19. The Morgan fingerprint density at radius 2 is 1.97 bits per heavy atom. The molecule has 2 heterocycles. The summed E-state index contributed by atoms with van der Waals surface area (Å²) >= 11 is 1.49. The van der Waals surface area contributed by atoms with E-state index in [0.717, 1.165) is 0 Å². The molecule has 1 amide bonds. The highest BCUT2D eigenvalue weighted by atomic mass is 32.3. The van der Waals surface area contributed by atoms with Crippen LogP contribution in [-0.2, 0) is 31.3 Å². The van der Waals surface area contributed by atoms with Crippen LogP contribution in [0.1, 0.15) is 12.5 Å². The van der Waals surface area contributed by atoms with Crippen LogP contribution in [-0.4, -0.2) is 62.9 Å². The molecule has 2 saturated heterocycles. The zero-order valence-electron chi connectivity index (χ0n) is 15.1. The van der Waals surface area contributed by atoms with Gasteiger partial charge in [0.1, 0.15) is 18.0 Å². The summed E-state index contributed by atoms with van der Waals surface area (Å²) in [5, 5.41) is 10.6. The Morgan fingerprint density at radius 3 is 2.48 bits per heavy atom. The Hall–Kier alpha value is -2.26. The second-order valence-electron chi connectivity index (χ2n) is 6.70. The van der Waals surface area contributed by atoms with Gasteiger partial charge >= 0.3 is 16.4 Å². The first kappa shape index (κ1) is 23.0. The number of nitrogens with zero attached hydrogens (tertiary/aromatic N) is 2. The minimum absolute atomic E-state index is 0.0144. The standard InChI is InChI=1S/C15H17N3O5S.H2O4S/c1-15(7-17-12(19)11(16)13(17)24-8-15)14(20)23-6-9-2-4-10(5-3-9)18(21)22;1-5(2,3)4/h2-5,11,13H,6-8,16H2,1H3;(H2,1,2,3,4)/t11?,13-,15?;/m1./s1. The second kappa shape index (κ2) is 8.62. The van der Waals surface area contributed by atoms with Crippen molar-refractivity contribution >= 4 is 39.7 Å². The summed E-state index contributed by atoms with van der Waals surface area (Å²) in [6.45, 7) is 2.11. The van der Waals surface area contributed by atoms with E-state index in [4.69, 9.17) is 28.0 Å². The summed E-state index contributed by atoms with van der Waals surface area (Å²) in [4.78, 5) is 35.9. The van der Waals surface area contributed by atoms with Gasteiger partial charge in [-0.05, 0) is 24.6 Å². The van der Waals surface area contributed by atoms with Gasteiger partial charge in [0, 0.05) is 24.4 Å². The minimum atomic E-state index is -4.67. The summed E-state index contributed by atoms with van der Waals surface area (Å²) in [5.41, 5.74) is 5.61. The first-order valence-electron chi connectivity index (χ1n) is 8.10. The van der Waals surface area contributed by atoms with Crippen molar-refractivity contribution in [2.75, 3.05) is 12.3 Å². The van der Waals surface area contributed by atoms with Gasteiger partial charge in [-0.25, -0.2) is 0 Å². The van der Waals surface area contributed by atoms with E-state index in [9.17, 15) is 19.7 Å². The quantitative estimate of drug-likeness (QED) is 0.187. The van der Waals surface area contributed by atoms with Crippen molar-refractivity contribution in [2.24, 2.45) is 11.1 Å². The van der Waals surface area contributed by atoms with E-state index in [-0.39, 0.29) is 29.5 Å².